The average Bonchev–Trinajstić information content (AvgIpc) is 3.17. The SMILES string of the molecule is Cc1ccc(-n2c(SCC(=O)Nc3cccc(Cl)c3)nnc2-c2ccccc2)cc1. The average molecular weight is 435 g/mol. The van der Waals surface area contributed by atoms with Crippen LogP contribution in [-0.2, 0) is 4.79 Å². The molecular formula is C23H19ClN4OS. The lowest BCUT2D eigenvalue weighted by Gasteiger charge is -2.11. The zero-order valence-corrected chi connectivity index (χ0v) is 17.8. The van der Waals surface area contributed by atoms with Gasteiger partial charge in [-0.25, -0.2) is 0 Å². The molecule has 1 amide bonds. The van der Waals surface area contributed by atoms with Gasteiger partial charge in [0.15, 0.2) is 11.0 Å². The molecule has 30 heavy (non-hydrogen) atoms. The molecule has 0 spiro atoms. The molecule has 1 aromatic heterocycles. The van der Waals surface area contributed by atoms with E-state index in [2.05, 4.69) is 15.5 Å². The zero-order valence-electron chi connectivity index (χ0n) is 16.2. The van der Waals surface area contributed by atoms with Gasteiger partial charge in [0.1, 0.15) is 0 Å². The summed E-state index contributed by atoms with van der Waals surface area (Å²) in [5.41, 5.74) is 3.74. The number of hydrogen-bond acceptors (Lipinski definition) is 4. The molecular weight excluding hydrogens is 416 g/mol. The van der Waals surface area contributed by atoms with Gasteiger partial charge in [-0.3, -0.25) is 9.36 Å². The minimum absolute atomic E-state index is 0.137. The molecule has 1 N–H and O–H groups in total. The number of carbonyl (C=O) groups excluding carboxylic acids is 1. The van der Waals surface area contributed by atoms with Crippen molar-refractivity contribution in [3.8, 4) is 17.1 Å². The molecule has 0 saturated carbocycles. The molecule has 0 radical (unpaired) electrons. The number of thioether (sulfide) groups is 1. The molecule has 0 saturated heterocycles. The molecule has 5 nitrogen and oxygen atoms in total. The van der Waals surface area contributed by atoms with Gasteiger partial charge < -0.3 is 5.32 Å². The summed E-state index contributed by atoms with van der Waals surface area (Å²) in [7, 11) is 0. The highest BCUT2D eigenvalue weighted by atomic mass is 35.5. The zero-order chi connectivity index (χ0) is 20.9. The first-order chi connectivity index (χ1) is 14.6. The van der Waals surface area contributed by atoms with Gasteiger partial charge in [-0.05, 0) is 37.3 Å². The number of rotatable bonds is 6. The molecule has 3 aromatic carbocycles. The van der Waals surface area contributed by atoms with Crippen LogP contribution in [0.4, 0.5) is 5.69 Å². The van der Waals surface area contributed by atoms with Gasteiger partial charge in [-0.15, -0.1) is 10.2 Å². The molecule has 1 heterocycles. The summed E-state index contributed by atoms with van der Waals surface area (Å²) in [4.78, 5) is 12.4. The molecule has 0 fully saturated rings. The summed E-state index contributed by atoms with van der Waals surface area (Å²) >= 11 is 7.32. The highest BCUT2D eigenvalue weighted by molar-refractivity contribution is 7.99. The van der Waals surface area contributed by atoms with E-state index in [1.165, 1.54) is 17.3 Å². The lowest BCUT2D eigenvalue weighted by atomic mass is 10.2. The van der Waals surface area contributed by atoms with E-state index >= 15 is 0 Å². The second-order valence-electron chi connectivity index (χ2n) is 6.69. The molecule has 0 aliphatic heterocycles. The lowest BCUT2D eigenvalue weighted by molar-refractivity contribution is -0.113. The first kappa shape index (κ1) is 20.2. The van der Waals surface area contributed by atoms with Gasteiger partial charge in [-0.1, -0.05) is 77.5 Å². The van der Waals surface area contributed by atoms with Gasteiger partial charge in [0.05, 0.1) is 5.75 Å². The maximum atomic E-state index is 12.4. The summed E-state index contributed by atoms with van der Waals surface area (Å²) in [5.74, 6) is 0.796. The monoisotopic (exact) mass is 434 g/mol. The highest BCUT2D eigenvalue weighted by Gasteiger charge is 2.17. The number of anilines is 1. The van der Waals surface area contributed by atoms with Crippen molar-refractivity contribution in [1.29, 1.82) is 0 Å². The Labute approximate surface area is 184 Å². The first-order valence-electron chi connectivity index (χ1n) is 9.36. The maximum Gasteiger partial charge on any atom is 0.234 e. The van der Waals surface area contributed by atoms with E-state index in [1.807, 2.05) is 66.1 Å². The topological polar surface area (TPSA) is 59.8 Å². The third-order valence-corrected chi connectivity index (χ3v) is 5.56. The molecule has 0 unspecified atom stereocenters. The third kappa shape index (κ3) is 4.72. The van der Waals surface area contributed by atoms with Crippen molar-refractivity contribution in [3.05, 3.63) is 89.4 Å². The second kappa shape index (κ2) is 9.15. The summed E-state index contributed by atoms with van der Waals surface area (Å²) in [5, 5.41) is 12.8. The van der Waals surface area contributed by atoms with E-state index in [1.54, 1.807) is 24.3 Å². The Kier molecular flexibility index (Phi) is 6.16. The summed E-state index contributed by atoms with van der Waals surface area (Å²) in [6, 6.07) is 25.1. The van der Waals surface area contributed by atoms with Crippen molar-refractivity contribution in [2.75, 3.05) is 11.1 Å². The van der Waals surface area contributed by atoms with E-state index < -0.39 is 0 Å². The predicted octanol–water partition coefficient (Wildman–Crippen LogP) is 5.63. The number of benzene rings is 3. The van der Waals surface area contributed by atoms with Crippen LogP contribution >= 0.6 is 23.4 Å². The van der Waals surface area contributed by atoms with Crippen molar-refractivity contribution in [3.63, 3.8) is 0 Å². The standard InChI is InChI=1S/C23H19ClN4OS/c1-16-10-12-20(13-11-16)28-22(17-6-3-2-4-7-17)26-27-23(28)30-15-21(29)25-19-9-5-8-18(24)14-19/h2-14H,15H2,1H3,(H,25,29). The molecule has 4 rings (SSSR count). The van der Waals surface area contributed by atoms with E-state index in [4.69, 9.17) is 11.6 Å². The molecule has 0 aliphatic carbocycles. The van der Waals surface area contributed by atoms with Crippen LogP contribution in [-0.4, -0.2) is 26.4 Å². The molecule has 4 aromatic rings. The van der Waals surface area contributed by atoms with Crippen LogP contribution < -0.4 is 5.32 Å². The molecule has 150 valence electrons. The van der Waals surface area contributed by atoms with Crippen molar-refractivity contribution in [2.45, 2.75) is 12.1 Å². The number of halogens is 1. The Morgan fingerprint density at radius 3 is 2.50 bits per heavy atom. The fourth-order valence-corrected chi connectivity index (χ4v) is 3.90. The molecule has 0 aliphatic rings. The fourth-order valence-electron chi connectivity index (χ4n) is 2.96. The number of amides is 1. The quantitative estimate of drug-likeness (QED) is 0.400. The second-order valence-corrected chi connectivity index (χ2v) is 8.07. The first-order valence-corrected chi connectivity index (χ1v) is 10.7. The van der Waals surface area contributed by atoms with Crippen LogP contribution in [0.25, 0.3) is 17.1 Å². The lowest BCUT2D eigenvalue weighted by Crippen LogP contribution is -2.14. The minimum atomic E-state index is -0.137. The van der Waals surface area contributed by atoms with Crippen molar-refractivity contribution >= 4 is 35.0 Å². The fraction of sp³-hybridized carbons (Fsp3) is 0.0870. The Morgan fingerprint density at radius 2 is 1.77 bits per heavy atom. The third-order valence-electron chi connectivity index (χ3n) is 4.40. The van der Waals surface area contributed by atoms with Crippen LogP contribution in [0.15, 0.2) is 84.0 Å². The number of nitrogens with zero attached hydrogens (tertiary/aromatic N) is 3. The van der Waals surface area contributed by atoms with Crippen LogP contribution in [0.2, 0.25) is 5.02 Å². The van der Waals surface area contributed by atoms with Crippen molar-refractivity contribution in [2.24, 2.45) is 0 Å². The summed E-state index contributed by atoms with van der Waals surface area (Å²) in [6.45, 7) is 2.05. The van der Waals surface area contributed by atoms with Crippen LogP contribution in [0, 0.1) is 6.92 Å². The number of hydrogen-bond donors (Lipinski definition) is 1. The number of aromatic nitrogens is 3. The Hall–Kier alpha value is -3.09. The van der Waals surface area contributed by atoms with Crippen LogP contribution in [0.1, 0.15) is 5.56 Å². The molecule has 0 bridgehead atoms. The number of aryl methyl sites for hydroxylation is 1. The minimum Gasteiger partial charge on any atom is -0.325 e. The van der Waals surface area contributed by atoms with E-state index in [0.29, 0.717) is 15.9 Å². The van der Waals surface area contributed by atoms with Gasteiger partial charge in [0, 0.05) is 22.0 Å². The van der Waals surface area contributed by atoms with Gasteiger partial charge in [-0.2, -0.15) is 0 Å². The van der Waals surface area contributed by atoms with Crippen molar-refractivity contribution < 1.29 is 4.79 Å². The highest BCUT2D eigenvalue weighted by Crippen LogP contribution is 2.28. The van der Waals surface area contributed by atoms with Gasteiger partial charge in [0.2, 0.25) is 5.91 Å². The van der Waals surface area contributed by atoms with E-state index in [0.717, 1.165) is 17.1 Å². The van der Waals surface area contributed by atoms with E-state index in [-0.39, 0.29) is 11.7 Å². The summed E-state index contributed by atoms with van der Waals surface area (Å²) in [6.07, 6.45) is 0. The van der Waals surface area contributed by atoms with Crippen LogP contribution in [0.3, 0.4) is 0 Å². The number of carbonyl (C=O) groups is 1. The van der Waals surface area contributed by atoms with Gasteiger partial charge >= 0.3 is 0 Å². The van der Waals surface area contributed by atoms with Crippen LogP contribution in [0.5, 0.6) is 0 Å². The van der Waals surface area contributed by atoms with Crippen molar-refractivity contribution in [1.82, 2.24) is 14.8 Å². The Balaban J connectivity index is 1.59. The number of nitrogens with one attached hydrogen (secondary N) is 1. The van der Waals surface area contributed by atoms with E-state index in [9.17, 15) is 4.79 Å². The predicted molar refractivity (Wildman–Crippen MR) is 122 cm³/mol. The smallest absolute Gasteiger partial charge is 0.234 e. The largest absolute Gasteiger partial charge is 0.325 e. The van der Waals surface area contributed by atoms with Gasteiger partial charge in [0.25, 0.3) is 0 Å². The molecule has 7 heteroatoms. The maximum absolute atomic E-state index is 12.4. The normalized spacial score (nSPS) is 10.7. The Bertz CT molecular complexity index is 1160. The summed E-state index contributed by atoms with van der Waals surface area (Å²) < 4.78 is 1.98. The Morgan fingerprint density at radius 1 is 1.00 bits per heavy atom. The molecule has 0 atom stereocenters.